The van der Waals surface area contributed by atoms with Crippen molar-refractivity contribution < 1.29 is 39.3 Å². The first kappa shape index (κ1) is 34.6. The van der Waals surface area contributed by atoms with E-state index in [4.69, 9.17) is 22.3 Å². The van der Waals surface area contributed by atoms with Gasteiger partial charge in [0.05, 0.1) is 6.04 Å². The summed E-state index contributed by atoms with van der Waals surface area (Å²) in [4.78, 5) is 65.9. The fourth-order valence-corrected chi connectivity index (χ4v) is 3.78. The van der Waals surface area contributed by atoms with E-state index in [0.29, 0.717) is 12.0 Å². The first-order chi connectivity index (χ1) is 19.2. The molecule has 15 heteroatoms. The maximum atomic E-state index is 13.3. The van der Waals surface area contributed by atoms with Crippen molar-refractivity contribution in [2.24, 2.45) is 28.1 Å². The van der Waals surface area contributed by atoms with Crippen molar-refractivity contribution in [1.29, 1.82) is 0 Å². The quantitative estimate of drug-likeness (QED) is 0.0564. The number of phenols is 1. The van der Waals surface area contributed by atoms with Crippen LogP contribution >= 0.6 is 0 Å². The summed E-state index contributed by atoms with van der Waals surface area (Å²) < 4.78 is 0. The van der Waals surface area contributed by atoms with Gasteiger partial charge in [-0.1, -0.05) is 32.4 Å². The van der Waals surface area contributed by atoms with Crippen molar-refractivity contribution in [3.05, 3.63) is 29.8 Å². The lowest BCUT2D eigenvalue weighted by Crippen LogP contribution is -2.58. The van der Waals surface area contributed by atoms with Gasteiger partial charge in [-0.3, -0.25) is 24.2 Å². The molecule has 5 atom stereocenters. The summed E-state index contributed by atoms with van der Waals surface area (Å²) in [6.45, 7) is 3.52. The number of rotatable bonds is 18. The Morgan fingerprint density at radius 3 is 2.00 bits per heavy atom. The van der Waals surface area contributed by atoms with Gasteiger partial charge in [0.25, 0.3) is 0 Å². The number of guanidine groups is 1. The number of carboxylic acid groups (broad SMARTS) is 2. The minimum atomic E-state index is -1.40. The molecule has 1 rings (SSSR count). The predicted molar refractivity (Wildman–Crippen MR) is 149 cm³/mol. The van der Waals surface area contributed by atoms with E-state index < -0.39 is 66.2 Å². The number of nitrogens with two attached hydrogens (primary N) is 3. The zero-order valence-electron chi connectivity index (χ0n) is 23.2. The standard InChI is InChI=1S/C26H41N7O8/c1-3-14(2)21(25(40)41)33-24(39)19(10-11-20(35)36)32-23(38)18(5-4-12-30-26(28)29)31-22(37)17(27)13-15-6-8-16(34)9-7-15/h6-9,14,17-19,21,34H,3-5,10-13,27H2,1-2H3,(H,31,37)(H,32,38)(H,33,39)(H,35,36)(H,40,41)(H4,28,29,30). The van der Waals surface area contributed by atoms with Crippen LogP contribution in [-0.2, 0) is 30.4 Å². The Hall–Kier alpha value is -4.40. The monoisotopic (exact) mass is 579 g/mol. The summed E-state index contributed by atoms with van der Waals surface area (Å²) in [5.74, 6) is -5.41. The first-order valence-corrected chi connectivity index (χ1v) is 13.2. The van der Waals surface area contributed by atoms with E-state index in [1.54, 1.807) is 26.0 Å². The number of phenolic OH excluding ortho intramolecular Hbond substituents is 1. The molecule has 0 bridgehead atoms. The summed E-state index contributed by atoms with van der Waals surface area (Å²) >= 11 is 0. The lowest BCUT2D eigenvalue weighted by Gasteiger charge is -2.26. The van der Waals surface area contributed by atoms with E-state index in [2.05, 4.69) is 20.9 Å². The zero-order chi connectivity index (χ0) is 31.1. The Morgan fingerprint density at radius 2 is 1.46 bits per heavy atom. The number of carbonyl (C=O) groups excluding carboxylic acids is 3. The maximum absolute atomic E-state index is 13.3. The van der Waals surface area contributed by atoms with Crippen LogP contribution in [0.1, 0.15) is 51.5 Å². The highest BCUT2D eigenvalue weighted by Gasteiger charge is 2.32. The van der Waals surface area contributed by atoms with Gasteiger partial charge in [-0.15, -0.1) is 0 Å². The second kappa shape index (κ2) is 17.3. The van der Waals surface area contributed by atoms with Gasteiger partial charge in [0.15, 0.2) is 5.96 Å². The zero-order valence-corrected chi connectivity index (χ0v) is 23.2. The average molecular weight is 580 g/mol. The highest BCUT2D eigenvalue weighted by atomic mass is 16.4. The lowest BCUT2D eigenvalue weighted by atomic mass is 9.98. The van der Waals surface area contributed by atoms with Gasteiger partial charge >= 0.3 is 11.9 Å². The van der Waals surface area contributed by atoms with Crippen LogP contribution in [0, 0.1) is 5.92 Å². The second-order valence-electron chi connectivity index (χ2n) is 9.69. The molecule has 228 valence electrons. The SMILES string of the molecule is CCC(C)C(NC(=O)C(CCC(=O)O)NC(=O)C(CCCN=C(N)N)NC(=O)C(N)Cc1ccc(O)cc1)C(=O)O. The number of hydrogen-bond acceptors (Lipinski definition) is 8. The molecule has 0 aliphatic rings. The van der Waals surface area contributed by atoms with E-state index in [1.807, 2.05) is 0 Å². The third-order valence-electron chi connectivity index (χ3n) is 6.36. The van der Waals surface area contributed by atoms with Crippen molar-refractivity contribution >= 4 is 35.6 Å². The van der Waals surface area contributed by atoms with Crippen LogP contribution in [0.4, 0.5) is 0 Å². The fourth-order valence-electron chi connectivity index (χ4n) is 3.78. The van der Waals surface area contributed by atoms with E-state index in [9.17, 15) is 34.2 Å². The molecule has 0 aromatic heterocycles. The molecule has 0 radical (unpaired) electrons. The van der Waals surface area contributed by atoms with Gasteiger partial charge in [-0.25, -0.2) is 4.79 Å². The number of carbonyl (C=O) groups is 5. The number of nitrogens with zero attached hydrogens (tertiary/aromatic N) is 1. The molecular weight excluding hydrogens is 538 g/mol. The summed E-state index contributed by atoms with van der Waals surface area (Å²) in [6.07, 6.45) is 0.0258. The van der Waals surface area contributed by atoms with E-state index in [1.165, 1.54) is 12.1 Å². The molecular formula is C26H41N7O8. The molecule has 0 saturated carbocycles. The summed E-state index contributed by atoms with van der Waals surface area (Å²) in [7, 11) is 0. The maximum Gasteiger partial charge on any atom is 0.326 e. The van der Waals surface area contributed by atoms with Crippen molar-refractivity contribution in [2.45, 2.75) is 76.5 Å². The van der Waals surface area contributed by atoms with Gasteiger partial charge in [0.2, 0.25) is 17.7 Å². The number of aliphatic imine (C=N–C) groups is 1. The average Bonchev–Trinajstić information content (AvgIpc) is 2.91. The Balaban J connectivity index is 3.09. The minimum Gasteiger partial charge on any atom is -0.508 e. The number of benzene rings is 1. The molecule has 0 aliphatic carbocycles. The minimum absolute atomic E-state index is 0.0399. The molecule has 12 N–H and O–H groups in total. The third-order valence-corrected chi connectivity index (χ3v) is 6.36. The normalized spacial score (nSPS) is 14.4. The Kier molecular flexibility index (Phi) is 14.6. The molecule has 5 unspecified atom stereocenters. The number of aromatic hydroxyl groups is 1. The van der Waals surface area contributed by atoms with Crippen LogP contribution in [-0.4, -0.2) is 81.7 Å². The molecule has 15 nitrogen and oxygen atoms in total. The smallest absolute Gasteiger partial charge is 0.326 e. The topological polar surface area (TPSA) is 273 Å². The van der Waals surface area contributed by atoms with Gasteiger partial charge in [-0.2, -0.15) is 0 Å². The molecule has 0 fully saturated rings. The van der Waals surface area contributed by atoms with Crippen LogP contribution in [0.15, 0.2) is 29.3 Å². The van der Waals surface area contributed by atoms with Crippen LogP contribution in [0.5, 0.6) is 5.75 Å². The largest absolute Gasteiger partial charge is 0.508 e. The summed E-state index contributed by atoms with van der Waals surface area (Å²) in [5, 5.41) is 35.5. The Morgan fingerprint density at radius 1 is 0.902 bits per heavy atom. The number of nitrogens with one attached hydrogen (secondary N) is 3. The predicted octanol–water partition coefficient (Wildman–Crippen LogP) is -1.23. The highest BCUT2D eigenvalue weighted by Crippen LogP contribution is 2.12. The fraction of sp³-hybridized carbons (Fsp3) is 0.538. The van der Waals surface area contributed by atoms with Crippen molar-refractivity contribution in [2.75, 3.05) is 6.54 Å². The van der Waals surface area contributed by atoms with Crippen molar-refractivity contribution in [3.8, 4) is 5.75 Å². The third kappa shape index (κ3) is 13.0. The molecule has 0 heterocycles. The molecule has 0 saturated heterocycles. The second-order valence-corrected chi connectivity index (χ2v) is 9.69. The van der Waals surface area contributed by atoms with Gasteiger partial charge < -0.3 is 48.5 Å². The summed E-state index contributed by atoms with van der Waals surface area (Å²) in [6, 6.07) is 1.15. The number of aliphatic carboxylic acids is 2. The van der Waals surface area contributed by atoms with E-state index in [0.717, 1.165) is 0 Å². The van der Waals surface area contributed by atoms with Crippen LogP contribution in [0.2, 0.25) is 0 Å². The Bertz CT molecular complexity index is 1080. The van der Waals surface area contributed by atoms with Crippen LogP contribution in [0.25, 0.3) is 0 Å². The molecule has 0 spiro atoms. The first-order valence-electron chi connectivity index (χ1n) is 13.2. The number of carboxylic acids is 2. The molecule has 1 aromatic rings. The summed E-state index contributed by atoms with van der Waals surface area (Å²) in [5.41, 5.74) is 17.4. The highest BCUT2D eigenvalue weighted by molar-refractivity contribution is 5.94. The van der Waals surface area contributed by atoms with Crippen molar-refractivity contribution in [1.82, 2.24) is 16.0 Å². The molecule has 3 amide bonds. The molecule has 41 heavy (non-hydrogen) atoms. The van der Waals surface area contributed by atoms with Crippen molar-refractivity contribution in [3.63, 3.8) is 0 Å². The van der Waals surface area contributed by atoms with Gasteiger partial charge in [0, 0.05) is 13.0 Å². The number of amides is 3. The van der Waals surface area contributed by atoms with E-state index >= 15 is 0 Å². The molecule has 1 aromatic carbocycles. The van der Waals surface area contributed by atoms with Gasteiger partial charge in [0.1, 0.15) is 23.9 Å². The molecule has 0 aliphatic heterocycles. The lowest BCUT2D eigenvalue weighted by molar-refractivity contribution is -0.144. The van der Waals surface area contributed by atoms with Crippen LogP contribution < -0.4 is 33.2 Å². The van der Waals surface area contributed by atoms with Gasteiger partial charge in [-0.05, 0) is 49.3 Å². The van der Waals surface area contributed by atoms with E-state index in [-0.39, 0.29) is 43.9 Å². The Labute approximate surface area is 237 Å². The van der Waals surface area contributed by atoms with Crippen LogP contribution in [0.3, 0.4) is 0 Å². The number of hydrogen-bond donors (Lipinski definition) is 9.